The molecule has 12 N–H and O–H groups in total. The molecule has 0 radical (unpaired) electrons. The van der Waals surface area contributed by atoms with Gasteiger partial charge in [-0.1, -0.05) is 52.9 Å². The molecule has 1 unspecified atom stereocenters. The first-order valence-corrected chi connectivity index (χ1v) is 30.7. The second-order valence-corrected chi connectivity index (χ2v) is 24.5. The number of H-pyrrole nitrogens is 1. The second-order valence-electron chi connectivity index (χ2n) is 23.3. The Morgan fingerprint density at radius 2 is 1.47 bits per heavy atom. The first-order valence-electron chi connectivity index (χ1n) is 29.7. The number of carbonyl (C=O) groups is 12. The van der Waals surface area contributed by atoms with E-state index in [2.05, 4.69) is 31.6 Å². The summed E-state index contributed by atoms with van der Waals surface area (Å²) in [6.45, 7) is 2.66. The van der Waals surface area contributed by atoms with Gasteiger partial charge in [-0.2, -0.15) is 0 Å². The zero-order chi connectivity index (χ0) is 61.7. The number of unbranched alkanes of at least 4 members (excludes halogenated alkanes) is 6. The Bertz CT molecular complexity index is 2900. The molecule has 26 nitrogen and oxygen atoms in total. The number of primary amides is 1. The number of aromatic amines is 1. The molecular weight excluding hydrogens is 1140 g/mol. The van der Waals surface area contributed by atoms with Gasteiger partial charge in [-0.15, -0.1) is 0 Å². The monoisotopic (exact) mass is 1220 g/mol. The highest BCUT2D eigenvalue weighted by atomic mass is 32.2. The molecule has 1 aromatic heterocycles. The number of fused-ring (bicyclic) bond motifs is 8. The molecule has 8 bridgehead atoms. The van der Waals surface area contributed by atoms with Crippen molar-refractivity contribution in [3.8, 4) is 5.75 Å². The molecule has 9 amide bonds. The minimum absolute atomic E-state index is 0. The number of hydrogen-bond donors (Lipinski definition) is 10. The average molecular weight is 1220 g/mol. The molecule has 1 fully saturated rings. The number of aromatic nitrogens is 1. The molecule has 7 heterocycles. The van der Waals surface area contributed by atoms with E-state index in [4.69, 9.17) is 10.5 Å². The predicted molar refractivity (Wildman–Crippen MR) is 311 cm³/mol. The SMILES string of the molecule is CC[C@H](C)[C@@H]1NC(=O)CNC(=O)[C@@H]2CC(=O)[C@H]([C@@H](C)[C@@H](O)CO)NC(=O)C3(CCCCCCCC(=O)CCCCCN4C(=O)C=CC4=O)Oc4ccc5c(c([nH]c5c4)[SH+]C[C@H](NC(=O)CNC1=O)C(=O)C[C@@H](CC(N)=O)C(=O)N1C[C@H](O)C[C@H]13)C2.[OH-]. The number of rotatable bonds is 21. The van der Waals surface area contributed by atoms with Crippen LogP contribution < -0.4 is 37.1 Å². The molecular formula is C59H83N9O17S. The van der Waals surface area contributed by atoms with Crippen LogP contribution in [0.2, 0.25) is 0 Å². The van der Waals surface area contributed by atoms with E-state index in [1.165, 1.54) is 28.9 Å². The number of nitrogens with one attached hydrogen (secondary N) is 6. The maximum atomic E-state index is 16.0. The number of ether oxygens (including phenoxy) is 1. The van der Waals surface area contributed by atoms with Gasteiger partial charge in [-0.05, 0) is 63.0 Å². The van der Waals surface area contributed by atoms with Gasteiger partial charge < -0.3 is 67.7 Å². The summed E-state index contributed by atoms with van der Waals surface area (Å²) >= 11 is 0.346. The molecule has 0 aliphatic carbocycles. The summed E-state index contributed by atoms with van der Waals surface area (Å²) in [5.41, 5.74) is 4.49. The number of Topliss-reactive ketones (excluding diaryl/α,β-unsaturated/α-hetero) is 3. The Balaban J connectivity index is 0.0000118. The third kappa shape index (κ3) is 16.9. The predicted octanol–water partition coefficient (Wildman–Crippen LogP) is -0.639. The van der Waals surface area contributed by atoms with Crippen LogP contribution in [0.25, 0.3) is 10.9 Å². The van der Waals surface area contributed by atoms with E-state index in [9.17, 15) is 58.5 Å². The molecule has 2 aromatic rings. The van der Waals surface area contributed by atoms with E-state index < -0.39 is 164 Å². The number of carbonyl (C=O) groups excluding carboxylic acids is 12. The van der Waals surface area contributed by atoms with E-state index in [1.54, 1.807) is 32.0 Å². The first kappa shape index (κ1) is 68.0. The van der Waals surface area contributed by atoms with Gasteiger partial charge in [0.15, 0.2) is 11.6 Å². The fraction of sp³-hybridized carbons (Fsp3) is 0.627. The summed E-state index contributed by atoms with van der Waals surface area (Å²) in [4.78, 5) is 173. The Morgan fingerprint density at radius 3 is 2.14 bits per heavy atom. The van der Waals surface area contributed by atoms with Crippen LogP contribution in [-0.4, -0.2) is 187 Å². The van der Waals surface area contributed by atoms with Crippen LogP contribution in [0.3, 0.4) is 0 Å². The van der Waals surface area contributed by atoms with Gasteiger partial charge >= 0.3 is 0 Å². The summed E-state index contributed by atoms with van der Waals surface area (Å²) in [6.07, 6.45) is 2.21. The number of aliphatic hydroxyl groups is 3. The lowest BCUT2D eigenvalue weighted by atomic mass is 9.81. The highest BCUT2D eigenvalue weighted by Gasteiger charge is 2.57. The van der Waals surface area contributed by atoms with Crippen molar-refractivity contribution in [3.05, 3.63) is 35.9 Å². The van der Waals surface area contributed by atoms with Crippen molar-refractivity contribution in [2.24, 2.45) is 29.4 Å². The van der Waals surface area contributed by atoms with Gasteiger partial charge in [0.05, 0.1) is 55.4 Å². The summed E-state index contributed by atoms with van der Waals surface area (Å²) in [5, 5.41) is 47.5. The molecule has 0 spiro atoms. The van der Waals surface area contributed by atoms with Crippen LogP contribution in [0.4, 0.5) is 0 Å². The number of nitrogens with zero attached hydrogens (tertiary/aromatic N) is 2. The lowest BCUT2D eigenvalue weighted by Gasteiger charge is -2.43. The van der Waals surface area contributed by atoms with Crippen LogP contribution in [0.5, 0.6) is 5.75 Å². The summed E-state index contributed by atoms with van der Waals surface area (Å²) in [7, 11) is 0. The van der Waals surface area contributed by atoms with Gasteiger partial charge in [-0.25, -0.2) is 0 Å². The molecule has 11 atom stereocenters. The van der Waals surface area contributed by atoms with E-state index in [-0.39, 0.29) is 66.8 Å². The number of thiol groups is 1. The van der Waals surface area contributed by atoms with Crippen LogP contribution in [-0.2, 0) is 75.7 Å². The van der Waals surface area contributed by atoms with Crippen molar-refractivity contribution in [3.63, 3.8) is 0 Å². The van der Waals surface area contributed by atoms with Gasteiger partial charge in [0.2, 0.25) is 46.1 Å². The first-order chi connectivity index (χ1) is 40.5. The normalized spacial score (nSPS) is 26.4. The number of imide groups is 1. The molecule has 27 heteroatoms. The van der Waals surface area contributed by atoms with Crippen molar-refractivity contribution in [1.82, 2.24) is 41.4 Å². The number of ketones is 3. The Labute approximate surface area is 502 Å². The number of nitrogens with two attached hydrogens (primary N) is 1. The van der Waals surface area contributed by atoms with Gasteiger partial charge in [0.25, 0.3) is 17.7 Å². The van der Waals surface area contributed by atoms with Crippen LogP contribution >= 0.6 is 0 Å². The molecule has 1 aromatic carbocycles. The van der Waals surface area contributed by atoms with Crippen molar-refractivity contribution in [2.75, 3.05) is 38.5 Å². The minimum atomic E-state index is -2.23. The lowest BCUT2D eigenvalue weighted by Crippen LogP contribution is -2.66. The second kappa shape index (κ2) is 31.0. The van der Waals surface area contributed by atoms with Gasteiger partial charge in [0.1, 0.15) is 29.4 Å². The fourth-order valence-electron chi connectivity index (χ4n) is 12.0. The highest BCUT2D eigenvalue weighted by Crippen LogP contribution is 2.40. The Kier molecular flexibility index (Phi) is 24.5. The van der Waals surface area contributed by atoms with Crippen molar-refractivity contribution < 1.29 is 83.1 Å². The summed E-state index contributed by atoms with van der Waals surface area (Å²) in [5.74, 6) is -12.6. The standard InChI is InChI=1S/C59H81N9O16S.H2O/c1-4-32(2)52-55(81)62-27-48(76)63-42-31-85-56-40-21-34(54(80)61-28-49(77)65-52)22-44(73)53(33(3)45(74)30-69)66-58(83)59(84-38-15-16-39(40)41(26-38)64-56,46-25-37(71)29-68(46)57(82)35(23-43(42)72)24-47(60)75)19-11-7-5-6-9-13-36(70)14-10-8-12-20-67-50(78)17-18-51(67)79;/h15-18,26,32-35,37,42,45-46,52-53,64,69,71,74H,4-14,19-25,27-31H2,1-3H3,(H2,60,75)(H,61,80)(H,62,81)(H,63,76)(H,65,77)(H,66,83);1H2/t32-,33-,34-,35-,37+,42-,45-,46-,52-,53-,59?;/m0./s1. The number of aliphatic hydroxyl groups excluding tert-OH is 3. The summed E-state index contributed by atoms with van der Waals surface area (Å²) < 4.78 is 7.04. The molecule has 86 heavy (non-hydrogen) atoms. The molecule has 1 saturated heterocycles. The Morgan fingerprint density at radius 1 is 0.814 bits per heavy atom. The quantitative estimate of drug-likeness (QED) is 0.0322. The third-order valence-corrected chi connectivity index (χ3v) is 18.4. The van der Waals surface area contributed by atoms with E-state index in [0.29, 0.717) is 97.5 Å². The van der Waals surface area contributed by atoms with Gasteiger partial charge in [-0.3, -0.25) is 62.4 Å². The van der Waals surface area contributed by atoms with Crippen molar-refractivity contribution in [2.45, 2.75) is 177 Å². The van der Waals surface area contributed by atoms with Crippen LogP contribution in [0.15, 0.2) is 35.4 Å². The molecule has 472 valence electrons. The maximum absolute atomic E-state index is 16.0. The molecule has 6 aliphatic heterocycles. The zero-order valence-electron chi connectivity index (χ0n) is 48.9. The molecule has 6 aliphatic rings. The van der Waals surface area contributed by atoms with Gasteiger partial charge in [0, 0.05) is 98.0 Å². The maximum Gasteiger partial charge on any atom is 0.266 e. The third-order valence-electron chi connectivity index (χ3n) is 17.2. The number of amides is 9. The average Bonchev–Trinajstić information content (AvgIpc) is 1.49. The Hall–Kier alpha value is -7.07. The van der Waals surface area contributed by atoms with Crippen LogP contribution in [0.1, 0.15) is 129 Å². The molecule has 8 rings (SSSR count). The largest absolute Gasteiger partial charge is 0.870 e. The lowest BCUT2D eigenvalue weighted by molar-refractivity contribution is -0.154. The number of hydrogen-bond acceptors (Lipinski definition) is 17. The van der Waals surface area contributed by atoms with Crippen molar-refractivity contribution in [1.29, 1.82) is 0 Å². The summed E-state index contributed by atoms with van der Waals surface area (Å²) in [6, 6.07) is -0.718. The zero-order valence-corrected chi connectivity index (χ0v) is 49.8. The fourth-order valence-corrected chi connectivity index (χ4v) is 13.3. The van der Waals surface area contributed by atoms with Crippen LogP contribution in [0, 0.1) is 23.7 Å². The van der Waals surface area contributed by atoms with E-state index in [1.807, 2.05) is 0 Å². The minimum Gasteiger partial charge on any atom is -0.870 e. The smallest absolute Gasteiger partial charge is 0.266 e. The number of benzene rings is 1. The van der Waals surface area contributed by atoms with E-state index >= 15 is 14.4 Å². The molecule has 0 saturated carbocycles. The van der Waals surface area contributed by atoms with E-state index in [0.717, 1.165) is 0 Å². The topological polar surface area (TPSA) is 413 Å². The highest BCUT2D eigenvalue weighted by molar-refractivity contribution is 7.78. The van der Waals surface area contributed by atoms with Crippen molar-refractivity contribution >= 4 is 93.2 Å².